The van der Waals surface area contributed by atoms with Crippen LogP contribution in [0.15, 0.2) is 59.8 Å². The van der Waals surface area contributed by atoms with E-state index in [0.29, 0.717) is 16.8 Å². The molecule has 4 heterocycles. The second kappa shape index (κ2) is 7.31. The topological polar surface area (TPSA) is 77.3 Å². The first-order valence-corrected chi connectivity index (χ1v) is 10.0. The molecule has 1 amide bonds. The first kappa shape index (κ1) is 17.8. The molecule has 2 aliphatic heterocycles. The lowest BCUT2D eigenvalue weighted by Gasteiger charge is -2.38. The summed E-state index contributed by atoms with van der Waals surface area (Å²) in [5.74, 6) is 0.610. The predicted octanol–water partition coefficient (Wildman–Crippen LogP) is 2.39. The largest absolute Gasteiger partial charge is 0.474 e. The molecule has 2 bridgehead atoms. The fraction of sp³-hybridized carbons (Fsp3) is 0.364. The van der Waals surface area contributed by atoms with Crippen molar-refractivity contribution in [2.75, 3.05) is 0 Å². The van der Waals surface area contributed by atoms with Gasteiger partial charge in [0.15, 0.2) is 0 Å². The van der Waals surface area contributed by atoms with Crippen LogP contribution in [0.1, 0.15) is 25.7 Å². The van der Waals surface area contributed by atoms with E-state index in [-0.39, 0.29) is 36.2 Å². The van der Waals surface area contributed by atoms with Gasteiger partial charge in [-0.3, -0.25) is 14.2 Å². The molecule has 7 nitrogen and oxygen atoms in total. The lowest BCUT2D eigenvalue weighted by molar-refractivity contribution is -0.137. The van der Waals surface area contributed by atoms with Gasteiger partial charge in [0.2, 0.25) is 11.8 Å². The van der Waals surface area contributed by atoms with Crippen LogP contribution < -0.4 is 10.3 Å². The van der Waals surface area contributed by atoms with Gasteiger partial charge in [-0.1, -0.05) is 18.2 Å². The molecule has 2 unspecified atom stereocenters. The maximum absolute atomic E-state index is 13.1. The summed E-state index contributed by atoms with van der Waals surface area (Å²) in [5, 5.41) is 0.535. The first-order chi connectivity index (χ1) is 14.2. The summed E-state index contributed by atoms with van der Waals surface area (Å²) in [7, 11) is 0. The van der Waals surface area contributed by atoms with Crippen molar-refractivity contribution in [3.63, 3.8) is 0 Å². The van der Waals surface area contributed by atoms with E-state index in [9.17, 15) is 9.59 Å². The van der Waals surface area contributed by atoms with Crippen LogP contribution >= 0.6 is 0 Å². The molecule has 7 heteroatoms. The van der Waals surface area contributed by atoms with Crippen LogP contribution in [-0.2, 0) is 11.3 Å². The lowest BCUT2D eigenvalue weighted by Crippen LogP contribution is -2.50. The Morgan fingerprint density at radius 3 is 2.55 bits per heavy atom. The highest BCUT2D eigenvalue weighted by Gasteiger charge is 2.44. The van der Waals surface area contributed by atoms with Gasteiger partial charge in [0.05, 0.1) is 17.2 Å². The predicted molar refractivity (Wildman–Crippen MR) is 108 cm³/mol. The summed E-state index contributed by atoms with van der Waals surface area (Å²) in [6.07, 6.45) is 6.80. The van der Waals surface area contributed by atoms with Crippen molar-refractivity contribution in [3.05, 3.63) is 65.3 Å². The molecule has 0 aliphatic carbocycles. The summed E-state index contributed by atoms with van der Waals surface area (Å²) in [6.45, 7) is 0.0232. The Morgan fingerprint density at radius 1 is 1.03 bits per heavy atom. The monoisotopic (exact) mass is 390 g/mol. The Kier molecular flexibility index (Phi) is 4.50. The number of hydrogen-bond donors (Lipinski definition) is 0. The number of ether oxygens (including phenoxy) is 1. The number of pyridine rings is 1. The molecule has 0 N–H and O–H groups in total. The summed E-state index contributed by atoms with van der Waals surface area (Å²) in [4.78, 5) is 36.3. The number of nitrogens with zero attached hydrogens (tertiary/aromatic N) is 4. The van der Waals surface area contributed by atoms with Gasteiger partial charge in [0.1, 0.15) is 12.6 Å². The maximum Gasteiger partial charge on any atom is 0.261 e. The van der Waals surface area contributed by atoms with Crippen LogP contribution in [0.4, 0.5) is 0 Å². The van der Waals surface area contributed by atoms with Gasteiger partial charge in [-0.25, -0.2) is 9.97 Å². The number of carbonyl (C=O) groups excluding carboxylic acids is 1. The smallest absolute Gasteiger partial charge is 0.261 e. The third kappa shape index (κ3) is 3.37. The number of piperidine rings is 1. The fourth-order valence-corrected chi connectivity index (χ4v) is 4.66. The molecule has 2 aliphatic rings. The van der Waals surface area contributed by atoms with Gasteiger partial charge in [-0.15, -0.1) is 0 Å². The molecule has 0 spiro atoms. The van der Waals surface area contributed by atoms with E-state index in [2.05, 4.69) is 9.97 Å². The van der Waals surface area contributed by atoms with Crippen molar-refractivity contribution in [2.45, 2.75) is 50.4 Å². The molecular formula is C22H22N4O3. The Hall–Kier alpha value is -3.22. The second-order valence-electron chi connectivity index (χ2n) is 7.76. The number of benzene rings is 1. The van der Waals surface area contributed by atoms with Crippen LogP contribution in [0.2, 0.25) is 0 Å². The van der Waals surface area contributed by atoms with Gasteiger partial charge in [0, 0.05) is 37.2 Å². The van der Waals surface area contributed by atoms with Crippen molar-refractivity contribution in [1.29, 1.82) is 0 Å². The number of carbonyl (C=O) groups is 1. The Bertz CT molecular complexity index is 1080. The number of amides is 1. The molecule has 5 rings (SSSR count). The second-order valence-corrected chi connectivity index (χ2v) is 7.76. The van der Waals surface area contributed by atoms with E-state index in [1.54, 1.807) is 18.3 Å². The molecule has 2 saturated heterocycles. The molecule has 29 heavy (non-hydrogen) atoms. The van der Waals surface area contributed by atoms with Crippen molar-refractivity contribution < 1.29 is 9.53 Å². The number of aromatic nitrogens is 3. The number of hydrogen-bond acceptors (Lipinski definition) is 5. The van der Waals surface area contributed by atoms with Gasteiger partial charge in [0.25, 0.3) is 5.56 Å². The van der Waals surface area contributed by atoms with Crippen LogP contribution in [0.3, 0.4) is 0 Å². The van der Waals surface area contributed by atoms with Crippen LogP contribution in [-0.4, -0.2) is 43.5 Å². The molecular weight excluding hydrogens is 368 g/mol. The summed E-state index contributed by atoms with van der Waals surface area (Å²) < 4.78 is 7.45. The van der Waals surface area contributed by atoms with E-state index in [1.807, 2.05) is 35.2 Å². The lowest BCUT2D eigenvalue weighted by atomic mass is 9.99. The Balaban J connectivity index is 1.30. The Labute approximate surface area is 168 Å². The minimum atomic E-state index is -0.176. The summed E-state index contributed by atoms with van der Waals surface area (Å²) in [5.41, 5.74) is 0.471. The van der Waals surface area contributed by atoms with E-state index < -0.39 is 0 Å². The van der Waals surface area contributed by atoms with Gasteiger partial charge >= 0.3 is 0 Å². The van der Waals surface area contributed by atoms with Crippen molar-refractivity contribution in [2.24, 2.45) is 0 Å². The molecule has 2 atom stereocenters. The third-order valence-electron chi connectivity index (χ3n) is 5.94. The minimum Gasteiger partial charge on any atom is -0.474 e. The summed E-state index contributed by atoms with van der Waals surface area (Å²) >= 11 is 0. The van der Waals surface area contributed by atoms with E-state index in [1.165, 1.54) is 10.9 Å². The van der Waals surface area contributed by atoms with Gasteiger partial charge in [-0.2, -0.15) is 0 Å². The van der Waals surface area contributed by atoms with Crippen LogP contribution in [0.25, 0.3) is 10.9 Å². The van der Waals surface area contributed by atoms with Gasteiger partial charge < -0.3 is 9.64 Å². The number of fused-ring (bicyclic) bond motifs is 3. The highest BCUT2D eigenvalue weighted by Crippen LogP contribution is 2.37. The van der Waals surface area contributed by atoms with Crippen molar-refractivity contribution in [1.82, 2.24) is 19.4 Å². The van der Waals surface area contributed by atoms with E-state index >= 15 is 0 Å². The third-order valence-corrected chi connectivity index (χ3v) is 5.94. The van der Waals surface area contributed by atoms with Crippen molar-refractivity contribution in [3.8, 4) is 5.88 Å². The SMILES string of the molecule is O=C(Cn1cnc2ccccc2c1=O)N1C2CCC1CC(Oc1ccccn1)C2. The molecule has 148 valence electrons. The van der Waals surface area contributed by atoms with Crippen LogP contribution in [0, 0.1) is 0 Å². The molecule has 1 aromatic carbocycles. The van der Waals surface area contributed by atoms with Crippen molar-refractivity contribution >= 4 is 16.8 Å². The quantitative estimate of drug-likeness (QED) is 0.684. The normalized spacial score (nSPS) is 23.3. The molecule has 0 radical (unpaired) electrons. The molecule has 2 fully saturated rings. The number of para-hydroxylation sites is 1. The zero-order chi connectivity index (χ0) is 19.8. The summed E-state index contributed by atoms with van der Waals surface area (Å²) in [6, 6.07) is 13.1. The molecule has 0 saturated carbocycles. The fourth-order valence-electron chi connectivity index (χ4n) is 4.66. The molecule has 2 aromatic heterocycles. The Morgan fingerprint density at radius 2 is 1.79 bits per heavy atom. The molecule has 3 aromatic rings. The van der Waals surface area contributed by atoms with Crippen LogP contribution in [0.5, 0.6) is 5.88 Å². The highest BCUT2D eigenvalue weighted by molar-refractivity contribution is 5.79. The average molecular weight is 390 g/mol. The zero-order valence-electron chi connectivity index (χ0n) is 16.0. The van der Waals surface area contributed by atoms with E-state index in [0.717, 1.165) is 25.7 Å². The van der Waals surface area contributed by atoms with Gasteiger partial charge in [-0.05, 0) is 31.0 Å². The highest BCUT2D eigenvalue weighted by atomic mass is 16.5. The average Bonchev–Trinajstić information content (AvgIpc) is 3.02. The zero-order valence-corrected chi connectivity index (χ0v) is 16.0. The maximum atomic E-state index is 13.1. The number of rotatable bonds is 4. The standard InChI is InChI=1S/C22H22N4O3/c27-21(13-25-14-24-19-6-2-1-5-18(19)22(25)28)26-15-8-9-16(26)12-17(11-15)29-20-7-3-4-10-23-20/h1-7,10,14-17H,8-9,11-13H2. The first-order valence-electron chi connectivity index (χ1n) is 10.0. The minimum absolute atomic E-state index is 0.0204. The van der Waals surface area contributed by atoms with E-state index in [4.69, 9.17) is 4.74 Å².